The van der Waals surface area contributed by atoms with E-state index in [1.54, 1.807) is 43.5 Å². The first-order valence-electron chi connectivity index (χ1n) is 6.98. The number of nitriles is 1. The summed E-state index contributed by atoms with van der Waals surface area (Å²) in [6.07, 6.45) is 1.47. The summed E-state index contributed by atoms with van der Waals surface area (Å²) in [5, 5.41) is 12.0. The Labute approximate surface area is 148 Å². The van der Waals surface area contributed by atoms with Gasteiger partial charge in [-0.3, -0.25) is 4.79 Å². The summed E-state index contributed by atoms with van der Waals surface area (Å²) in [7, 11) is 3.05. The van der Waals surface area contributed by atoms with Gasteiger partial charge in [-0.05, 0) is 40.2 Å². The summed E-state index contributed by atoms with van der Waals surface area (Å²) in [5.74, 6) is 0.601. The third kappa shape index (κ3) is 4.15. The molecule has 2 aromatic carbocycles. The first-order valence-corrected chi connectivity index (χ1v) is 7.78. The molecule has 6 heteroatoms. The molecular formula is C18H15BrN2O3. The Morgan fingerprint density at radius 3 is 2.42 bits per heavy atom. The molecule has 0 aromatic heterocycles. The van der Waals surface area contributed by atoms with Gasteiger partial charge in [0.05, 0.1) is 18.7 Å². The van der Waals surface area contributed by atoms with Crippen molar-refractivity contribution in [3.8, 4) is 17.6 Å². The van der Waals surface area contributed by atoms with Crippen LogP contribution >= 0.6 is 15.9 Å². The molecule has 1 amide bonds. The predicted molar refractivity (Wildman–Crippen MR) is 95.9 cm³/mol. The predicted octanol–water partition coefficient (Wildman–Crippen LogP) is 4.01. The van der Waals surface area contributed by atoms with Gasteiger partial charge in [-0.1, -0.05) is 18.2 Å². The zero-order valence-corrected chi connectivity index (χ0v) is 14.8. The van der Waals surface area contributed by atoms with Crippen molar-refractivity contribution in [3.63, 3.8) is 0 Å². The van der Waals surface area contributed by atoms with Crippen LogP contribution in [0.25, 0.3) is 6.08 Å². The van der Waals surface area contributed by atoms with E-state index in [-0.39, 0.29) is 5.57 Å². The van der Waals surface area contributed by atoms with Crippen molar-refractivity contribution in [2.45, 2.75) is 0 Å². The summed E-state index contributed by atoms with van der Waals surface area (Å²) in [5.41, 5.74) is 1.17. The molecule has 24 heavy (non-hydrogen) atoms. The van der Waals surface area contributed by atoms with Gasteiger partial charge in [0.25, 0.3) is 5.91 Å². The lowest BCUT2D eigenvalue weighted by atomic mass is 10.1. The minimum atomic E-state index is -0.488. The van der Waals surface area contributed by atoms with E-state index in [1.165, 1.54) is 13.2 Å². The summed E-state index contributed by atoms with van der Waals surface area (Å²) in [6, 6.07) is 14.3. The number of halogens is 1. The van der Waals surface area contributed by atoms with Gasteiger partial charge in [0.15, 0.2) is 0 Å². The van der Waals surface area contributed by atoms with Crippen molar-refractivity contribution >= 4 is 33.6 Å². The summed E-state index contributed by atoms with van der Waals surface area (Å²) in [6.45, 7) is 0. The standard InChI is InChI=1S/C18H15BrN2O3/c1-23-16-10-17(24-2)15(19)9-12(16)8-13(11-20)18(22)21-14-6-4-3-5-7-14/h3-10H,1-2H3,(H,21,22)/b13-8+. The Bertz CT molecular complexity index is 811. The molecule has 0 aliphatic rings. The van der Waals surface area contributed by atoms with Crippen LogP contribution in [-0.2, 0) is 4.79 Å². The van der Waals surface area contributed by atoms with E-state index in [0.717, 1.165) is 0 Å². The second kappa shape index (κ2) is 8.18. The van der Waals surface area contributed by atoms with Gasteiger partial charge >= 0.3 is 0 Å². The van der Waals surface area contributed by atoms with Crippen molar-refractivity contribution < 1.29 is 14.3 Å². The van der Waals surface area contributed by atoms with Gasteiger partial charge in [-0.15, -0.1) is 0 Å². The Morgan fingerprint density at radius 1 is 1.17 bits per heavy atom. The molecule has 0 heterocycles. The SMILES string of the molecule is COc1cc(OC)c(/C=C(\C#N)C(=O)Nc2ccccc2)cc1Br. The molecule has 1 N–H and O–H groups in total. The van der Waals surface area contributed by atoms with Crippen molar-refractivity contribution in [2.24, 2.45) is 0 Å². The Kier molecular flexibility index (Phi) is 5.99. The minimum absolute atomic E-state index is 0.0331. The molecule has 0 saturated heterocycles. The number of amides is 1. The fourth-order valence-electron chi connectivity index (χ4n) is 2.02. The van der Waals surface area contributed by atoms with Crippen LogP contribution < -0.4 is 14.8 Å². The quantitative estimate of drug-likeness (QED) is 0.622. The van der Waals surface area contributed by atoms with Gasteiger partial charge < -0.3 is 14.8 Å². The Balaban J connectivity index is 2.35. The molecule has 2 rings (SSSR count). The third-order valence-corrected chi connectivity index (χ3v) is 3.82. The van der Waals surface area contributed by atoms with Crippen LogP contribution in [0.1, 0.15) is 5.56 Å². The molecule has 0 radical (unpaired) electrons. The number of para-hydroxylation sites is 1. The van der Waals surface area contributed by atoms with Crippen LogP contribution in [0.3, 0.4) is 0 Å². The first-order chi connectivity index (χ1) is 11.6. The highest BCUT2D eigenvalue weighted by Gasteiger charge is 2.13. The number of hydrogen-bond acceptors (Lipinski definition) is 4. The summed E-state index contributed by atoms with van der Waals surface area (Å²) in [4.78, 5) is 12.3. The van der Waals surface area contributed by atoms with Crippen LogP contribution in [-0.4, -0.2) is 20.1 Å². The molecule has 0 saturated carbocycles. The molecule has 0 unspecified atom stereocenters. The van der Waals surface area contributed by atoms with Gasteiger partial charge in [0.2, 0.25) is 0 Å². The van der Waals surface area contributed by atoms with Gasteiger partial charge in [-0.2, -0.15) is 5.26 Å². The molecule has 0 spiro atoms. The molecule has 0 aliphatic carbocycles. The largest absolute Gasteiger partial charge is 0.496 e. The molecule has 0 fully saturated rings. The highest BCUT2D eigenvalue weighted by Crippen LogP contribution is 2.34. The normalized spacial score (nSPS) is 10.7. The second-order valence-corrected chi connectivity index (χ2v) is 5.57. The molecule has 0 atom stereocenters. The number of carbonyl (C=O) groups is 1. The smallest absolute Gasteiger partial charge is 0.266 e. The fraction of sp³-hybridized carbons (Fsp3) is 0.111. The molecule has 0 bridgehead atoms. The molecule has 122 valence electrons. The van der Waals surface area contributed by atoms with E-state index in [9.17, 15) is 10.1 Å². The van der Waals surface area contributed by atoms with Crippen LogP contribution in [0.15, 0.2) is 52.5 Å². The number of methoxy groups -OCH3 is 2. The van der Waals surface area contributed by atoms with Crippen LogP contribution in [0.4, 0.5) is 5.69 Å². The van der Waals surface area contributed by atoms with Crippen molar-refractivity contribution in [1.82, 2.24) is 0 Å². The van der Waals surface area contributed by atoms with Gasteiger partial charge in [-0.25, -0.2) is 0 Å². The lowest BCUT2D eigenvalue weighted by Crippen LogP contribution is -2.13. The zero-order chi connectivity index (χ0) is 17.5. The van der Waals surface area contributed by atoms with E-state index in [1.807, 2.05) is 12.1 Å². The summed E-state index contributed by atoms with van der Waals surface area (Å²) < 4.78 is 11.2. The fourth-order valence-corrected chi connectivity index (χ4v) is 2.54. The molecule has 2 aromatic rings. The van der Waals surface area contributed by atoms with Crippen LogP contribution in [0.2, 0.25) is 0 Å². The Hall–Kier alpha value is -2.78. The van der Waals surface area contributed by atoms with Crippen molar-refractivity contribution in [2.75, 3.05) is 19.5 Å². The number of carbonyl (C=O) groups excluding carboxylic acids is 1. The summed E-state index contributed by atoms with van der Waals surface area (Å²) >= 11 is 3.38. The van der Waals surface area contributed by atoms with Crippen molar-refractivity contribution in [1.29, 1.82) is 5.26 Å². The number of benzene rings is 2. The topological polar surface area (TPSA) is 71.3 Å². The number of nitrogens with one attached hydrogen (secondary N) is 1. The van der Waals surface area contributed by atoms with E-state index < -0.39 is 5.91 Å². The lowest BCUT2D eigenvalue weighted by Gasteiger charge is -2.10. The van der Waals surface area contributed by atoms with Crippen LogP contribution in [0.5, 0.6) is 11.5 Å². The van der Waals surface area contributed by atoms with E-state index in [2.05, 4.69) is 21.2 Å². The number of ether oxygens (including phenoxy) is 2. The minimum Gasteiger partial charge on any atom is -0.496 e. The zero-order valence-electron chi connectivity index (χ0n) is 13.2. The molecule has 5 nitrogen and oxygen atoms in total. The lowest BCUT2D eigenvalue weighted by molar-refractivity contribution is -0.112. The van der Waals surface area contributed by atoms with Gasteiger partial charge in [0, 0.05) is 17.3 Å². The maximum absolute atomic E-state index is 12.3. The monoisotopic (exact) mass is 386 g/mol. The molecular weight excluding hydrogens is 372 g/mol. The van der Waals surface area contributed by atoms with E-state index in [4.69, 9.17) is 9.47 Å². The number of hydrogen-bond donors (Lipinski definition) is 1. The maximum atomic E-state index is 12.3. The van der Waals surface area contributed by atoms with E-state index in [0.29, 0.717) is 27.2 Å². The van der Waals surface area contributed by atoms with Crippen molar-refractivity contribution in [3.05, 3.63) is 58.1 Å². The highest BCUT2D eigenvalue weighted by atomic mass is 79.9. The number of nitrogens with zero attached hydrogens (tertiary/aromatic N) is 1. The number of anilines is 1. The highest BCUT2D eigenvalue weighted by molar-refractivity contribution is 9.10. The molecule has 0 aliphatic heterocycles. The third-order valence-electron chi connectivity index (χ3n) is 3.20. The Morgan fingerprint density at radius 2 is 1.83 bits per heavy atom. The number of rotatable bonds is 5. The van der Waals surface area contributed by atoms with Crippen LogP contribution in [0, 0.1) is 11.3 Å². The maximum Gasteiger partial charge on any atom is 0.266 e. The average molecular weight is 387 g/mol. The van der Waals surface area contributed by atoms with E-state index >= 15 is 0 Å². The second-order valence-electron chi connectivity index (χ2n) is 4.72. The average Bonchev–Trinajstić information content (AvgIpc) is 2.60. The van der Waals surface area contributed by atoms with Gasteiger partial charge in [0.1, 0.15) is 23.1 Å². The first kappa shape index (κ1) is 17.6.